The molecule has 2 atom stereocenters. The second-order valence-electron chi connectivity index (χ2n) is 11.8. The number of rotatable bonds is 13. The monoisotopic (exact) mass is 617 g/mol. The fourth-order valence-electron chi connectivity index (χ4n) is 6.16. The van der Waals surface area contributed by atoms with Crippen LogP contribution >= 0.6 is 0 Å². The molecule has 9 heteroatoms. The van der Waals surface area contributed by atoms with Gasteiger partial charge in [-0.1, -0.05) is 11.6 Å². The lowest BCUT2D eigenvalue weighted by molar-refractivity contribution is -0.134. The SMILES string of the molecule is CCOCCOCCC(=O)N1CCC(Oc2ccc(NC(=O)[C@H](C)C3=CCC(c4ccnc5ccc(F)cc45)CC3)cc2)CC1. The number of aromatic nitrogens is 1. The number of amides is 2. The Balaban J connectivity index is 1.05. The summed E-state index contributed by atoms with van der Waals surface area (Å²) in [6.07, 6.45) is 8.48. The highest BCUT2D eigenvalue weighted by Gasteiger charge is 2.26. The highest BCUT2D eigenvalue weighted by Crippen LogP contribution is 2.37. The fraction of sp³-hybridized carbons (Fsp3) is 0.472. The molecule has 1 fully saturated rings. The third-order valence-corrected chi connectivity index (χ3v) is 8.83. The Bertz CT molecular complexity index is 1470. The van der Waals surface area contributed by atoms with E-state index in [4.69, 9.17) is 14.2 Å². The largest absolute Gasteiger partial charge is 0.490 e. The number of carbonyl (C=O) groups excluding carboxylic acids is 2. The van der Waals surface area contributed by atoms with Crippen molar-refractivity contribution < 1.29 is 28.2 Å². The standard InChI is InChI=1S/C36H44FN3O5/c1-3-43-22-23-44-21-17-35(41)40-19-15-31(16-20-40)45-30-11-9-29(10-12-30)39-36(42)25(2)26-4-6-27(7-5-26)32-14-18-38-34-13-8-28(37)24-33(32)34/h4,8-14,18,24-25,27,31H,3,5-7,15-17,19-23H2,1-2H3,(H,39,42)/t25-,27?/m1/s1. The third kappa shape index (κ3) is 8.89. The molecule has 1 aliphatic carbocycles. The van der Waals surface area contributed by atoms with Crippen molar-refractivity contribution in [2.45, 2.75) is 64.4 Å². The van der Waals surface area contributed by atoms with Gasteiger partial charge in [-0.2, -0.15) is 0 Å². The van der Waals surface area contributed by atoms with Gasteiger partial charge in [-0.15, -0.1) is 0 Å². The first-order valence-corrected chi connectivity index (χ1v) is 16.1. The number of fused-ring (bicyclic) bond motifs is 1. The quantitative estimate of drug-likeness (QED) is 0.171. The topological polar surface area (TPSA) is 90.0 Å². The second kappa shape index (κ2) is 16.0. The number of nitrogens with zero attached hydrogens (tertiary/aromatic N) is 2. The molecule has 8 nitrogen and oxygen atoms in total. The Hall–Kier alpha value is -3.82. The van der Waals surface area contributed by atoms with Gasteiger partial charge in [-0.05, 0) is 93.1 Å². The first-order chi connectivity index (χ1) is 21.9. The molecule has 2 aromatic carbocycles. The second-order valence-corrected chi connectivity index (χ2v) is 11.8. The summed E-state index contributed by atoms with van der Waals surface area (Å²) in [7, 11) is 0. The van der Waals surface area contributed by atoms with Gasteiger partial charge in [0.25, 0.3) is 0 Å². The summed E-state index contributed by atoms with van der Waals surface area (Å²) in [6.45, 7) is 7.36. The summed E-state index contributed by atoms with van der Waals surface area (Å²) in [5.41, 5.74) is 3.77. The zero-order valence-corrected chi connectivity index (χ0v) is 26.3. The number of hydrogen-bond donors (Lipinski definition) is 1. The molecular weight excluding hydrogens is 573 g/mol. The molecule has 1 N–H and O–H groups in total. The summed E-state index contributed by atoms with van der Waals surface area (Å²) < 4.78 is 30.8. The molecule has 0 saturated carbocycles. The fourth-order valence-corrected chi connectivity index (χ4v) is 6.16. The van der Waals surface area contributed by atoms with Gasteiger partial charge in [-0.25, -0.2) is 4.39 Å². The van der Waals surface area contributed by atoms with Crippen LogP contribution in [0, 0.1) is 11.7 Å². The first-order valence-electron chi connectivity index (χ1n) is 16.1. The van der Waals surface area contributed by atoms with Gasteiger partial charge in [0, 0.05) is 49.8 Å². The molecule has 2 amide bonds. The Morgan fingerprint density at radius 1 is 1.02 bits per heavy atom. The molecule has 0 radical (unpaired) electrons. The van der Waals surface area contributed by atoms with Gasteiger partial charge in [-0.3, -0.25) is 14.6 Å². The van der Waals surface area contributed by atoms with E-state index in [1.54, 1.807) is 18.3 Å². The minimum atomic E-state index is -0.255. The number of ether oxygens (including phenoxy) is 3. The van der Waals surface area contributed by atoms with E-state index < -0.39 is 0 Å². The molecular formula is C36H44FN3O5. The van der Waals surface area contributed by atoms with Crippen molar-refractivity contribution in [2.24, 2.45) is 5.92 Å². The number of piperidine rings is 1. The van der Waals surface area contributed by atoms with E-state index in [1.165, 1.54) is 6.07 Å². The van der Waals surface area contributed by atoms with Crippen LogP contribution in [0.1, 0.15) is 63.9 Å². The van der Waals surface area contributed by atoms with Crippen molar-refractivity contribution in [3.05, 3.63) is 77.8 Å². The van der Waals surface area contributed by atoms with Crippen LogP contribution in [-0.2, 0) is 19.1 Å². The molecule has 0 spiro atoms. The molecule has 1 aliphatic heterocycles. The summed E-state index contributed by atoms with van der Waals surface area (Å²) in [5.74, 6) is 0.589. The minimum absolute atomic E-state index is 0.0402. The predicted molar refractivity (Wildman–Crippen MR) is 173 cm³/mol. The van der Waals surface area contributed by atoms with Gasteiger partial charge < -0.3 is 24.4 Å². The molecule has 1 saturated heterocycles. The van der Waals surface area contributed by atoms with Crippen LogP contribution in [0.25, 0.3) is 10.9 Å². The van der Waals surface area contributed by atoms with Gasteiger partial charge in [0.2, 0.25) is 11.8 Å². The zero-order chi connectivity index (χ0) is 31.6. The Labute approximate surface area is 264 Å². The number of halogens is 1. The average Bonchev–Trinajstić information content (AvgIpc) is 3.07. The molecule has 240 valence electrons. The lowest BCUT2D eigenvalue weighted by Gasteiger charge is -2.32. The van der Waals surface area contributed by atoms with E-state index in [-0.39, 0.29) is 35.6 Å². The molecule has 45 heavy (non-hydrogen) atoms. The van der Waals surface area contributed by atoms with Gasteiger partial charge in [0.15, 0.2) is 0 Å². The number of allylic oxidation sites excluding steroid dienone is 1. The zero-order valence-electron chi connectivity index (χ0n) is 26.3. The lowest BCUT2D eigenvalue weighted by Crippen LogP contribution is -2.42. The molecule has 0 bridgehead atoms. The average molecular weight is 618 g/mol. The smallest absolute Gasteiger partial charge is 0.231 e. The van der Waals surface area contributed by atoms with Crippen LogP contribution in [-0.4, -0.2) is 67.3 Å². The third-order valence-electron chi connectivity index (χ3n) is 8.83. The Morgan fingerprint density at radius 2 is 1.80 bits per heavy atom. The van der Waals surface area contributed by atoms with E-state index in [0.29, 0.717) is 45.9 Å². The highest BCUT2D eigenvalue weighted by molar-refractivity contribution is 5.94. The number of nitrogens with one attached hydrogen (secondary N) is 1. The summed E-state index contributed by atoms with van der Waals surface area (Å²) in [5, 5.41) is 3.91. The van der Waals surface area contributed by atoms with Gasteiger partial charge in [0.1, 0.15) is 17.7 Å². The molecule has 1 aromatic heterocycles. The molecule has 5 rings (SSSR count). The van der Waals surface area contributed by atoms with Crippen LogP contribution in [0.4, 0.5) is 10.1 Å². The summed E-state index contributed by atoms with van der Waals surface area (Å²) in [6, 6.07) is 14.2. The van der Waals surface area contributed by atoms with E-state index >= 15 is 0 Å². The normalized spacial score (nSPS) is 18.0. The van der Waals surface area contributed by atoms with E-state index in [0.717, 1.165) is 65.6 Å². The van der Waals surface area contributed by atoms with Crippen molar-refractivity contribution in [1.29, 1.82) is 0 Å². The molecule has 2 heterocycles. The van der Waals surface area contributed by atoms with Gasteiger partial charge >= 0.3 is 0 Å². The number of likely N-dealkylation sites (tertiary alicyclic amines) is 1. The Kier molecular flexibility index (Phi) is 11.5. The molecule has 3 aromatic rings. The maximum atomic E-state index is 13.9. The van der Waals surface area contributed by atoms with E-state index in [9.17, 15) is 14.0 Å². The van der Waals surface area contributed by atoms with Crippen molar-refractivity contribution in [3.63, 3.8) is 0 Å². The summed E-state index contributed by atoms with van der Waals surface area (Å²) >= 11 is 0. The van der Waals surface area contributed by atoms with Crippen molar-refractivity contribution in [1.82, 2.24) is 9.88 Å². The lowest BCUT2D eigenvalue weighted by atomic mass is 9.80. The Morgan fingerprint density at radius 3 is 2.53 bits per heavy atom. The number of carbonyl (C=O) groups is 2. The number of benzene rings is 2. The van der Waals surface area contributed by atoms with Crippen LogP contribution in [0.15, 0.2) is 66.4 Å². The maximum Gasteiger partial charge on any atom is 0.231 e. The van der Waals surface area contributed by atoms with Crippen LogP contribution in [0.3, 0.4) is 0 Å². The number of hydrogen-bond acceptors (Lipinski definition) is 6. The summed E-state index contributed by atoms with van der Waals surface area (Å²) in [4.78, 5) is 31.9. The predicted octanol–water partition coefficient (Wildman–Crippen LogP) is 6.66. The van der Waals surface area contributed by atoms with Crippen LogP contribution < -0.4 is 10.1 Å². The highest BCUT2D eigenvalue weighted by atomic mass is 19.1. The van der Waals surface area contributed by atoms with Crippen molar-refractivity contribution >= 4 is 28.4 Å². The maximum absolute atomic E-state index is 13.9. The molecule has 1 unspecified atom stereocenters. The van der Waals surface area contributed by atoms with Gasteiger partial charge in [0.05, 0.1) is 37.7 Å². The van der Waals surface area contributed by atoms with E-state index in [2.05, 4.69) is 16.4 Å². The minimum Gasteiger partial charge on any atom is -0.490 e. The van der Waals surface area contributed by atoms with Crippen molar-refractivity contribution in [3.8, 4) is 5.75 Å². The van der Waals surface area contributed by atoms with Crippen LogP contribution in [0.2, 0.25) is 0 Å². The van der Waals surface area contributed by atoms with Crippen molar-refractivity contribution in [2.75, 3.05) is 44.8 Å². The number of anilines is 1. The van der Waals surface area contributed by atoms with E-state index in [1.807, 2.05) is 49.1 Å². The first kappa shape index (κ1) is 32.6. The van der Waals surface area contributed by atoms with Crippen LogP contribution in [0.5, 0.6) is 5.75 Å². The molecule has 2 aliphatic rings. The number of pyridine rings is 1.